The summed E-state index contributed by atoms with van der Waals surface area (Å²) >= 11 is 0. The summed E-state index contributed by atoms with van der Waals surface area (Å²) in [5, 5.41) is 3.12. The highest BCUT2D eigenvalue weighted by Crippen LogP contribution is 2.47. The number of nitrogens with one attached hydrogen (secondary N) is 1. The minimum absolute atomic E-state index is 0.116. The highest BCUT2D eigenvalue weighted by molar-refractivity contribution is 6.05. The SMILES string of the molecule is COC(=O)C1(C(=O)NC2CCCN(C3CCCCC3)C2)CC1. The quantitative estimate of drug-likeness (QED) is 0.636. The van der Waals surface area contributed by atoms with Crippen LogP contribution in [0.3, 0.4) is 0 Å². The molecule has 1 atom stereocenters. The summed E-state index contributed by atoms with van der Waals surface area (Å²) in [7, 11) is 1.36. The fourth-order valence-corrected chi connectivity index (χ4v) is 4.07. The van der Waals surface area contributed by atoms with E-state index in [0.29, 0.717) is 18.9 Å². The Morgan fingerprint density at radius 2 is 1.82 bits per heavy atom. The van der Waals surface area contributed by atoms with Crippen LogP contribution in [0, 0.1) is 5.41 Å². The Hall–Kier alpha value is -1.10. The number of hydrogen-bond donors (Lipinski definition) is 1. The smallest absolute Gasteiger partial charge is 0.321 e. The Bertz CT molecular complexity index is 428. The molecule has 0 aromatic rings. The van der Waals surface area contributed by atoms with Crippen molar-refractivity contribution in [2.24, 2.45) is 5.41 Å². The molecule has 1 unspecified atom stereocenters. The topological polar surface area (TPSA) is 58.6 Å². The molecule has 2 aliphatic carbocycles. The van der Waals surface area contributed by atoms with Gasteiger partial charge in [0.1, 0.15) is 5.41 Å². The Morgan fingerprint density at radius 1 is 1.09 bits per heavy atom. The summed E-state index contributed by atoms with van der Waals surface area (Å²) in [5.41, 5.74) is -0.873. The van der Waals surface area contributed by atoms with Crippen molar-refractivity contribution >= 4 is 11.9 Å². The number of methoxy groups -OCH3 is 1. The Kier molecular flexibility index (Phi) is 4.71. The van der Waals surface area contributed by atoms with Crippen molar-refractivity contribution in [2.75, 3.05) is 20.2 Å². The van der Waals surface area contributed by atoms with Gasteiger partial charge in [0.05, 0.1) is 7.11 Å². The zero-order valence-electron chi connectivity index (χ0n) is 13.6. The first-order valence-corrected chi connectivity index (χ1v) is 8.79. The first-order chi connectivity index (χ1) is 10.7. The Labute approximate surface area is 132 Å². The molecule has 0 aromatic heterocycles. The Balaban J connectivity index is 1.54. The average Bonchev–Trinajstić information content (AvgIpc) is 3.37. The van der Waals surface area contributed by atoms with E-state index in [1.807, 2.05) is 0 Å². The molecule has 0 aromatic carbocycles. The van der Waals surface area contributed by atoms with Gasteiger partial charge in [-0.25, -0.2) is 0 Å². The normalized spacial score (nSPS) is 28.9. The van der Waals surface area contributed by atoms with Gasteiger partial charge in [0.15, 0.2) is 0 Å². The monoisotopic (exact) mass is 308 g/mol. The first kappa shape index (κ1) is 15.8. The van der Waals surface area contributed by atoms with Crippen LogP contribution in [0.2, 0.25) is 0 Å². The van der Waals surface area contributed by atoms with Gasteiger partial charge in [-0.2, -0.15) is 0 Å². The minimum Gasteiger partial charge on any atom is -0.468 e. The maximum atomic E-state index is 12.4. The summed E-state index contributed by atoms with van der Waals surface area (Å²) in [6.45, 7) is 2.09. The van der Waals surface area contributed by atoms with Crippen molar-refractivity contribution in [3.05, 3.63) is 0 Å². The molecule has 3 rings (SSSR count). The summed E-state index contributed by atoms with van der Waals surface area (Å²) in [6, 6.07) is 0.884. The fraction of sp³-hybridized carbons (Fsp3) is 0.882. The van der Waals surface area contributed by atoms with E-state index in [1.54, 1.807) is 0 Å². The zero-order chi connectivity index (χ0) is 15.6. The van der Waals surface area contributed by atoms with Crippen LogP contribution < -0.4 is 5.32 Å². The van der Waals surface area contributed by atoms with Crippen LogP contribution in [-0.2, 0) is 14.3 Å². The average molecular weight is 308 g/mol. The van der Waals surface area contributed by atoms with Gasteiger partial charge >= 0.3 is 5.97 Å². The lowest BCUT2D eigenvalue weighted by Crippen LogP contribution is -2.53. The third-order valence-corrected chi connectivity index (χ3v) is 5.64. The Morgan fingerprint density at radius 3 is 2.45 bits per heavy atom. The number of hydrogen-bond acceptors (Lipinski definition) is 4. The van der Waals surface area contributed by atoms with Crippen LogP contribution in [0.1, 0.15) is 57.8 Å². The number of piperidine rings is 1. The number of nitrogens with zero attached hydrogens (tertiary/aromatic N) is 1. The summed E-state index contributed by atoms with van der Waals surface area (Å²) in [5.74, 6) is -0.486. The molecular weight excluding hydrogens is 280 g/mol. The van der Waals surface area contributed by atoms with Gasteiger partial charge in [0, 0.05) is 18.6 Å². The van der Waals surface area contributed by atoms with E-state index in [9.17, 15) is 9.59 Å². The number of carbonyl (C=O) groups is 2. The number of rotatable bonds is 4. The molecule has 0 bridgehead atoms. The van der Waals surface area contributed by atoms with Crippen molar-refractivity contribution in [3.63, 3.8) is 0 Å². The second-order valence-electron chi connectivity index (χ2n) is 7.17. The number of likely N-dealkylation sites (tertiary alicyclic amines) is 1. The number of esters is 1. The van der Waals surface area contributed by atoms with Gasteiger partial charge in [-0.15, -0.1) is 0 Å². The summed E-state index contributed by atoms with van der Waals surface area (Å²) in [6.07, 6.45) is 10.0. The predicted molar refractivity (Wildman–Crippen MR) is 83.3 cm³/mol. The van der Waals surface area contributed by atoms with E-state index < -0.39 is 5.41 Å². The minimum atomic E-state index is -0.873. The molecule has 22 heavy (non-hydrogen) atoms. The molecule has 5 nitrogen and oxygen atoms in total. The highest BCUT2D eigenvalue weighted by Gasteiger charge is 2.58. The van der Waals surface area contributed by atoms with E-state index in [2.05, 4.69) is 10.2 Å². The first-order valence-electron chi connectivity index (χ1n) is 8.79. The van der Waals surface area contributed by atoms with Gasteiger partial charge in [0.2, 0.25) is 5.91 Å². The van der Waals surface area contributed by atoms with Gasteiger partial charge in [-0.3, -0.25) is 14.5 Å². The van der Waals surface area contributed by atoms with Crippen LogP contribution in [0.25, 0.3) is 0 Å². The lowest BCUT2D eigenvalue weighted by atomic mass is 9.92. The van der Waals surface area contributed by atoms with E-state index >= 15 is 0 Å². The molecule has 0 spiro atoms. The van der Waals surface area contributed by atoms with Crippen molar-refractivity contribution in [1.29, 1.82) is 0 Å². The third-order valence-electron chi connectivity index (χ3n) is 5.64. The van der Waals surface area contributed by atoms with Crippen LogP contribution in [-0.4, -0.2) is 49.1 Å². The predicted octanol–water partition coefficient (Wildman–Crippen LogP) is 1.85. The lowest BCUT2D eigenvalue weighted by Gasteiger charge is -2.40. The molecule has 3 aliphatic rings. The van der Waals surface area contributed by atoms with Crippen molar-refractivity contribution < 1.29 is 14.3 Å². The van der Waals surface area contributed by atoms with Crippen molar-refractivity contribution in [2.45, 2.75) is 69.9 Å². The van der Waals surface area contributed by atoms with E-state index in [-0.39, 0.29) is 17.9 Å². The molecule has 1 amide bonds. The van der Waals surface area contributed by atoms with Gasteiger partial charge in [0.25, 0.3) is 0 Å². The molecule has 0 radical (unpaired) electrons. The summed E-state index contributed by atoms with van der Waals surface area (Å²) < 4.78 is 4.79. The van der Waals surface area contributed by atoms with Gasteiger partial charge < -0.3 is 10.1 Å². The maximum Gasteiger partial charge on any atom is 0.321 e. The second-order valence-corrected chi connectivity index (χ2v) is 7.17. The molecule has 1 aliphatic heterocycles. The largest absolute Gasteiger partial charge is 0.468 e. The molecule has 5 heteroatoms. The van der Waals surface area contributed by atoms with E-state index in [4.69, 9.17) is 4.74 Å². The van der Waals surface area contributed by atoms with Crippen LogP contribution in [0.5, 0.6) is 0 Å². The third kappa shape index (κ3) is 3.14. The molecule has 3 fully saturated rings. The lowest BCUT2D eigenvalue weighted by molar-refractivity contribution is -0.152. The molecule has 2 saturated carbocycles. The standard InChI is InChI=1S/C17H28N2O3/c1-22-16(21)17(9-10-17)15(20)18-13-6-5-11-19(12-13)14-7-3-2-4-8-14/h13-14H,2-12H2,1H3,(H,18,20). The number of ether oxygens (including phenoxy) is 1. The van der Waals surface area contributed by atoms with E-state index in [0.717, 1.165) is 25.9 Å². The molecular formula is C17H28N2O3. The number of amides is 1. The highest BCUT2D eigenvalue weighted by atomic mass is 16.5. The van der Waals surface area contributed by atoms with E-state index in [1.165, 1.54) is 39.2 Å². The van der Waals surface area contributed by atoms with Crippen LogP contribution in [0.15, 0.2) is 0 Å². The van der Waals surface area contributed by atoms with Crippen LogP contribution in [0.4, 0.5) is 0 Å². The van der Waals surface area contributed by atoms with Gasteiger partial charge in [-0.1, -0.05) is 19.3 Å². The maximum absolute atomic E-state index is 12.4. The molecule has 124 valence electrons. The van der Waals surface area contributed by atoms with Crippen molar-refractivity contribution in [1.82, 2.24) is 10.2 Å². The molecule has 1 heterocycles. The van der Waals surface area contributed by atoms with Crippen LogP contribution >= 0.6 is 0 Å². The van der Waals surface area contributed by atoms with Crippen molar-refractivity contribution in [3.8, 4) is 0 Å². The summed E-state index contributed by atoms with van der Waals surface area (Å²) in [4.78, 5) is 26.8. The zero-order valence-corrected chi connectivity index (χ0v) is 13.6. The van der Waals surface area contributed by atoms with Gasteiger partial charge in [-0.05, 0) is 45.1 Å². The number of carbonyl (C=O) groups excluding carboxylic acids is 2. The molecule has 1 saturated heterocycles. The fourth-order valence-electron chi connectivity index (χ4n) is 4.07. The second kappa shape index (κ2) is 6.57. The molecule has 1 N–H and O–H groups in total.